The first kappa shape index (κ1) is 19.3. The van der Waals surface area contributed by atoms with Gasteiger partial charge in [-0.05, 0) is 17.5 Å². The second-order valence-corrected chi connectivity index (χ2v) is 8.11. The fourth-order valence-corrected chi connectivity index (χ4v) is 4.10. The lowest BCUT2D eigenvalue weighted by Gasteiger charge is -2.33. The number of fused-ring (bicyclic) bond motifs is 2. The summed E-state index contributed by atoms with van der Waals surface area (Å²) in [5.74, 6) is 1.31. The normalized spacial score (nSPS) is 20.2. The minimum atomic E-state index is -1.12. The Morgan fingerprint density at radius 1 is 1.13 bits per heavy atom. The predicted octanol–water partition coefficient (Wildman–Crippen LogP) is 3.59. The molecule has 1 atom stereocenters. The second kappa shape index (κ2) is 7.23. The van der Waals surface area contributed by atoms with Gasteiger partial charge in [0.15, 0.2) is 5.54 Å². The highest BCUT2D eigenvalue weighted by Crippen LogP contribution is 2.41. The summed E-state index contributed by atoms with van der Waals surface area (Å²) in [6, 6.07) is 14.7. The van der Waals surface area contributed by atoms with E-state index in [1.54, 1.807) is 6.07 Å². The van der Waals surface area contributed by atoms with E-state index >= 15 is 0 Å². The van der Waals surface area contributed by atoms with Gasteiger partial charge in [0.25, 0.3) is 5.91 Å². The van der Waals surface area contributed by atoms with Crippen molar-refractivity contribution in [3.05, 3.63) is 65.5 Å². The number of benzene rings is 2. The molecular formula is C23H22N4O4. The first-order valence-corrected chi connectivity index (χ1v) is 10.3. The van der Waals surface area contributed by atoms with Gasteiger partial charge < -0.3 is 14.6 Å². The van der Waals surface area contributed by atoms with Gasteiger partial charge in [0.2, 0.25) is 11.7 Å². The van der Waals surface area contributed by atoms with Crippen LogP contribution in [-0.4, -0.2) is 33.6 Å². The Hall–Kier alpha value is -3.68. The van der Waals surface area contributed by atoms with Crippen LogP contribution in [0.5, 0.6) is 5.75 Å². The monoisotopic (exact) mass is 418 g/mol. The average Bonchev–Trinajstić information content (AvgIpc) is 3.34. The lowest BCUT2D eigenvalue weighted by molar-refractivity contribution is -0.133. The number of carbonyl (C=O) groups is 2. The number of aromatic nitrogens is 2. The van der Waals surface area contributed by atoms with Gasteiger partial charge >= 0.3 is 6.03 Å². The highest BCUT2D eigenvalue weighted by molar-refractivity contribution is 6.07. The molecule has 31 heavy (non-hydrogen) atoms. The van der Waals surface area contributed by atoms with Crippen LogP contribution >= 0.6 is 0 Å². The highest BCUT2D eigenvalue weighted by Gasteiger charge is 2.55. The van der Waals surface area contributed by atoms with Crippen molar-refractivity contribution < 1.29 is 18.8 Å². The van der Waals surface area contributed by atoms with Gasteiger partial charge in [0, 0.05) is 17.5 Å². The van der Waals surface area contributed by atoms with Gasteiger partial charge in [-0.2, -0.15) is 4.98 Å². The molecule has 8 nitrogen and oxygen atoms in total. The molecule has 5 rings (SSSR count). The van der Waals surface area contributed by atoms with E-state index in [1.807, 2.05) is 42.5 Å². The molecule has 158 valence electrons. The molecule has 2 aliphatic rings. The van der Waals surface area contributed by atoms with Crippen molar-refractivity contribution >= 4 is 11.9 Å². The van der Waals surface area contributed by atoms with Crippen LogP contribution in [0.4, 0.5) is 4.79 Å². The molecule has 2 aromatic carbocycles. The van der Waals surface area contributed by atoms with Crippen LogP contribution in [-0.2, 0) is 16.9 Å². The summed E-state index contributed by atoms with van der Waals surface area (Å²) in [5, 5.41) is 6.89. The Morgan fingerprint density at radius 2 is 1.90 bits per heavy atom. The van der Waals surface area contributed by atoms with Crippen LogP contribution in [0.25, 0.3) is 11.4 Å². The maximum absolute atomic E-state index is 13.3. The molecule has 1 fully saturated rings. The summed E-state index contributed by atoms with van der Waals surface area (Å²) in [4.78, 5) is 31.6. The van der Waals surface area contributed by atoms with Crippen molar-refractivity contribution in [3.63, 3.8) is 0 Å². The molecule has 1 saturated heterocycles. The lowest BCUT2D eigenvalue weighted by Crippen LogP contribution is -2.47. The molecule has 0 saturated carbocycles. The third kappa shape index (κ3) is 3.15. The van der Waals surface area contributed by atoms with Crippen molar-refractivity contribution in [1.82, 2.24) is 20.4 Å². The molecule has 0 unspecified atom stereocenters. The number of amides is 3. The Kier molecular flexibility index (Phi) is 4.50. The lowest BCUT2D eigenvalue weighted by atomic mass is 9.84. The Bertz CT molecular complexity index is 1150. The van der Waals surface area contributed by atoms with Crippen LogP contribution in [0.15, 0.2) is 53.1 Å². The van der Waals surface area contributed by atoms with Crippen LogP contribution in [0, 0.1) is 0 Å². The molecule has 1 N–H and O–H groups in total. The number of imide groups is 1. The van der Waals surface area contributed by atoms with E-state index in [4.69, 9.17) is 9.26 Å². The SMILES string of the molecule is CC(C)c1ccc(-c2noc(CN3C(=O)N[C@]4(CCOc5ccccc54)C3=O)n2)cc1. The summed E-state index contributed by atoms with van der Waals surface area (Å²) in [7, 11) is 0. The highest BCUT2D eigenvalue weighted by atomic mass is 16.5. The van der Waals surface area contributed by atoms with E-state index in [1.165, 1.54) is 5.56 Å². The number of rotatable bonds is 4. The van der Waals surface area contributed by atoms with Gasteiger partial charge in [-0.1, -0.05) is 61.5 Å². The van der Waals surface area contributed by atoms with Crippen LogP contribution in [0.1, 0.15) is 43.2 Å². The van der Waals surface area contributed by atoms with Gasteiger partial charge in [0.05, 0.1) is 6.61 Å². The molecule has 0 aliphatic carbocycles. The van der Waals surface area contributed by atoms with Crippen LogP contribution in [0.2, 0.25) is 0 Å². The summed E-state index contributed by atoms with van der Waals surface area (Å²) >= 11 is 0. The quantitative estimate of drug-likeness (QED) is 0.651. The standard InChI is InChI=1S/C23H22N4O4/c1-14(2)15-7-9-16(10-8-15)20-24-19(31-26-20)13-27-21(28)23(25-22(27)29)11-12-30-18-6-4-3-5-17(18)23/h3-10,14H,11-13H2,1-2H3,(H,25,29)/t23-/m0/s1. The molecule has 0 bridgehead atoms. The molecule has 0 radical (unpaired) electrons. The van der Waals surface area contributed by atoms with Crippen molar-refractivity contribution in [2.45, 2.75) is 38.3 Å². The summed E-state index contributed by atoms with van der Waals surface area (Å²) in [5.41, 5.74) is 1.57. The van der Waals surface area contributed by atoms with E-state index < -0.39 is 11.6 Å². The Morgan fingerprint density at radius 3 is 2.68 bits per heavy atom. The van der Waals surface area contributed by atoms with Gasteiger partial charge in [0.1, 0.15) is 12.3 Å². The third-order valence-electron chi connectivity index (χ3n) is 5.85. The molecule has 1 spiro atoms. The molecule has 3 aromatic rings. The fourth-order valence-electron chi connectivity index (χ4n) is 4.10. The maximum Gasteiger partial charge on any atom is 0.325 e. The molecule has 2 aliphatic heterocycles. The zero-order valence-corrected chi connectivity index (χ0v) is 17.3. The minimum absolute atomic E-state index is 0.0908. The maximum atomic E-state index is 13.3. The summed E-state index contributed by atoms with van der Waals surface area (Å²) in [6.45, 7) is 4.51. The fraction of sp³-hybridized carbons (Fsp3) is 0.304. The number of para-hydroxylation sites is 1. The number of hydrogen-bond acceptors (Lipinski definition) is 6. The summed E-state index contributed by atoms with van der Waals surface area (Å²) < 4.78 is 11.0. The van der Waals surface area contributed by atoms with E-state index in [-0.39, 0.29) is 18.3 Å². The van der Waals surface area contributed by atoms with E-state index in [9.17, 15) is 9.59 Å². The number of ether oxygens (including phenoxy) is 1. The van der Waals surface area contributed by atoms with Crippen LogP contribution < -0.4 is 10.1 Å². The van der Waals surface area contributed by atoms with Crippen molar-refractivity contribution in [1.29, 1.82) is 0 Å². The Labute approximate surface area is 179 Å². The van der Waals surface area contributed by atoms with Gasteiger partial charge in [-0.15, -0.1) is 0 Å². The zero-order chi connectivity index (χ0) is 21.6. The molecule has 3 heterocycles. The van der Waals surface area contributed by atoms with E-state index in [0.29, 0.717) is 36.1 Å². The number of nitrogens with zero attached hydrogens (tertiary/aromatic N) is 3. The van der Waals surface area contributed by atoms with Gasteiger partial charge in [-0.3, -0.25) is 9.69 Å². The molecular weight excluding hydrogens is 396 g/mol. The molecule has 3 amide bonds. The topological polar surface area (TPSA) is 97.6 Å². The first-order chi connectivity index (χ1) is 15.0. The zero-order valence-electron chi connectivity index (χ0n) is 17.3. The van der Waals surface area contributed by atoms with E-state index in [0.717, 1.165) is 10.5 Å². The molecule has 8 heteroatoms. The predicted molar refractivity (Wildman–Crippen MR) is 111 cm³/mol. The summed E-state index contributed by atoms with van der Waals surface area (Å²) in [6.07, 6.45) is 0.363. The molecule has 1 aromatic heterocycles. The van der Waals surface area contributed by atoms with E-state index in [2.05, 4.69) is 29.3 Å². The number of nitrogens with one attached hydrogen (secondary N) is 1. The minimum Gasteiger partial charge on any atom is -0.493 e. The first-order valence-electron chi connectivity index (χ1n) is 10.3. The van der Waals surface area contributed by atoms with Gasteiger partial charge in [-0.25, -0.2) is 4.79 Å². The number of hydrogen-bond donors (Lipinski definition) is 1. The largest absolute Gasteiger partial charge is 0.493 e. The number of carbonyl (C=O) groups excluding carboxylic acids is 2. The average molecular weight is 418 g/mol. The van der Waals surface area contributed by atoms with Crippen molar-refractivity contribution in [2.24, 2.45) is 0 Å². The smallest absolute Gasteiger partial charge is 0.325 e. The van der Waals surface area contributed by atoms with Crippen molar-refractivity contribution in [2.75, 3.05) is 6.61 Å². The third-order valence-corrected chi connectivity index (χ3v) is 5.85. The van der Waals surface area contributed by atoms with Crippen molar-refractivity contribution in [3.8, 4) is 17.1 Å². The second-order valence-electron chi connectivity index (χ2n) is 8.11. The Balaban J connectivity index is 1.38. The van der Waals surface area contributed by atoms with Crippen LogP contribution in [0.3, 0.4) is 0 Å². The number of urea groups is 1.